The summed E-state index contributed by atoms with van der Waals surface area (Å²) in [5, 5.41) is 4.21. The van der Waals surface area contributed by atoms with Crippen molar-refractivity contribution in [3.8, 4) is 11.3 Å². The van der Waals surface area contributed by atoms with Crippen molar-refractivity contribution in [2.75, 3.05) is 6.54 Å². The van der Waals surface area contributed by atoms with Gasteiger partial charge in [-0.05, 0) is 42.4 Å². The van der Waals surface area contributed by atoms with E-state index in [1.54, 1.807) is 0 Å². The van der Waals surface area contributed by atoms with Gasteiger partial charge < -0.3 is 14.6 Å². The van der Waals surface area contributed by atoms with Gasteiger partial charge in [0.2, 0.25) is 0 Å². The molecule has 5 heteroatoms. The number of pyridine rings is 1. The average molecular weight is 378 g/mol. The van der Waals surface area contributed by atoms with Crippen molar-refractivity contribution in [2.24, 2.45) is 5.92 Å². The predicted octanol–water partition coefficient (Wildman–Crippen LogP) is 4.97. The van der Waals surface area contributed by atoms with Crippen LogP contribution in [0.25, 0.3) is 11.3 Å². The molecule has 4 nitrogen and oxygen atoms in total. The molecule has 0 aliphatic carbocycles. The van der Waals surface area contributed by atoms with Crippen LogP contribution in [-0.4, -0.2) is 21.5 Å². The van der Waals surface area contributed by atoms with Crippen molar-refractivity contribution in [3.63, 3.8) is 0 Å². The van der Waals surface area contributed by atoms with Crippen LogP contribution in [0.2, 0.25) is 0 Å². The Hall–Kier alpha value is -2.66. The molecule has 2 aromatic heterocycles. The van der Waals surface area contributed by atoms with Gasteiger partial charge >= 0.3 is 0 Å². The maximum absolute atomic E-state index is 6.30. The van der Waals surface area contributed by atoms with E-state index in [9.17, 15) is 0 Å². The summed E-state index contributed by atoms with van der Waals surface area (Å²) >= 11 is 5.66. The maximum Gasteiger partial charge on any atom is 0.170 e. The Morgan fingerprint density at radius 1 is 1.07 bits per heavy atom. The predicted molar refractivity (Wildman–Crippen MR) is 111 cm³/mol. The minimum Gasteiger partial charge on any atom is -0.459 e. The first-order valence-corrected chi connectivity index (χ1v) is 9.67. The molecule has 138 valence electrons. The quantitative estimate of drug-likeness (QED) is 0.636. The van der Waals surface area contributed by atoms with Gasteiger partial charge in [0.25, 0.3) is 0 Å². The second-order valence-electron chi connectivity index (χ2n) is 7.24. The fourth-order valence-electron chi connectivity index (χ4n) is 3.57. The van der Waals surface area contributed by atoms with E-state index in [0.717, 1.165) is 34.4 Å². The van der Waals surface area contributed by atoms with Crippen molar-refractivity contribution in [1.82, 2.24) is 15.2 Å². The van der Waals surface area contributed by atoms with Crippen LogP contribution >= 0.6 is 12.2 Å². The summed E-state index contributed by atoms with van der Waals surface area (Å²) in [6.45, 7) is 5.26. The van der Waals surface area contributed by atoms with E-state index in [2.05, 4.69) is 47.2 Å². The molecule has 27 heavy (non-hydrogen) atoms. The van der Waals surface area contributed by atoms with E-state index in [1.165, 1.54) is 0 Å². The lowest BCUT2D eigenvalue weighted by Crippen LogP contribution is -2.32. The van der Waals surface area contributed by atoms with Gasteiger partial charge in [-0.25, -0.2) is 0 Å². The lowest BCUT2D eigenvalue weighted by Gasteiger charge is -2.27. The normalized spacial score (nSPS) is 19.5. The fourth-order valence-corrected chi connectivity index (χ4v) is 3.89. The first-order valence-electron chi connectivity index (χ1n) is 9.26. The Bertz CT molecular complexity index is 908. The lowest BCUT2D eigenvalue weighted by molar-refractivity contribution is 0.253. The third-order valence-corrected chi connectivity index (χ3v) is 5.09. The summed E-state index contributed by atoms with van der Waals surface area (Å²) in [6.07, 6.45) is 1.82. The fraction of sp³-hybridized carbons (Fsp3) is 0.273. The minimum absolute atomic E-state index is 0.0211. The molecule has 0 bridgehead atoms. The summed E-state index contributed by atoms with van der Waals surface area (Å²) in [6, 6.07) is 20.2. The van der Waals surface area contributed by atoms with Gasteiger partial charge in [-0.2, -0.15) is 0 Å². The molecule has 3 heterocycles. The zero-order valence-electron chi connectivity index (χ0n) is 15.5. The molecule has 0 spiro atoms. The van der Waals surface area contributed by atoms with Crippen molar-refractivity contribution < 1.29 is 4.42 Å². The van der Waals surface area contributed by atoms with Gasteiger partial charge in [-0.15, -0.1) is 0 Å². The minimum atomic E-state index is -0.0350. The number of furan rings is 1. The maximum atomic E-state index is 6.30. The Morgan fingerprint density at radius 2 is 1.85 bits per heavy atom. The second-order valence-corrected chi connectivity index (χ2v) is 7.63. The van der Waals surface area contributed by atoms with Crippen molar-refractivity contribution in [2.45, 2.75) is 25.9 Å². The third-order valence-electron chi connectivity index (χ3n) is 4.74. The van der Waals surface area contributed by atoms with E-state index < -0.39 is 0 Å². The monoisotopic (exact) mass is 377 g/mol. The van der Waals surface area contributed by atoms with Crippen LogP contribution in [0.1, 0.15) is 37.4 Å². The van der Waals surface area contributed by atoms with E-state index in [0.29, 0.717) is 5.92 Å². The number of hydrogen-bond acceptors (Lipinski definition) is 3. The zero-order chi connectivity index (χ0) is 18.8. The van der Waals surface area contributed by atoms with Crippen molar-refractivity contribution in [3.05, 3.63) is 78.3 Å². The van der Waals surface area contributed by atoms with Gasteiger partial charge in [0.05, 0.1) is 11.7 Å². The highest BCUT2D eigenvalue weighted by atomic mass is 32.1. The SMILES string of the molecule is CC(C)CN1C(=S)N[C@@H](c2ccccn2)[C@H]1c1ccc(-c2ccccc2)o1. The van der Waals surface area contributed by atoms with Crippen LogP contribution in [0, 0.1) is 5.92 Å². The van der Waals surface area contributed by atoms with Gasteiger partial charge in [0.1, 0.15) is 17.6 Å². The standard InChI is InChI=1S/C22H23N3OS/c1-15(2)14-25-21(20(24-22(25)27)17-10-6-7-13-23-17)19-12-11-18(26-19)16-8-4-3-5-9-16/h3-13,15,20-21H,14H2,1-2H3,(H,24,27)/t20-,21+/m0/s1. The molecule has 4 rings (SSSR count). The number of rotatable bonds is 5. The van der Waals surface area contributed by atoms with Crippen molar-refractivity contribution >= 4 is 17.3 Å². The molecular formula is C22H23N3OS. The Kier molecular flexibility index (Phi) is 4.94. The molecule has 1 aromatic carbocycles. The highest BCUT2D eigenvalue weighted by Gasteiger charge is 2.41. The van der Waals surface area contributed by atoms with Crippen LogP contribution in [0.5, 0.6) is 0 Å². The molecule has 1 N–H and O–H groups in total. The van der Waals surface area contributed by atoms with Gasteiger partial charge in [-0.3, -0.25) is 4.98 Å². The first kappa shape index (κ1) is 17.7. The Morgan fingerprint density at radius 3 is 2.56 bits per heavy atom. The smallest absolute Gasteiger partial charge is 0.170 e. The van der Waals surface area contributed by atoms with E-state index >= 15 is 0 Å². The molecule has 0 saturated carbocycles. The third kappa shape index (κ3) is 3.60. The van der Waals surface area contributed by atoms with E-state index in [1.807, 2.05) is 48.7 Å². The van der Waals surface area contributed by atoms with E-state index in [4.69, 9.17) is 16.6 Å². The number of nitrogens with one attached hydrogen (secondary N) is 1. The Labute approximate surface area is 165 Å². The average Bonchev–Trinajstić information content (AvgIpc) is 3.28. The summed E-state index contributed by atoms with van der Waals surface area (Å²) in [7, 11) is 0. The van der Waals surface area contributed by atoms with Crippen LogP contribution in [0.3, 0.4) is 0 Å². The summed E-state index contributed by atoms with van der Waals surface area (Å²) in [5.74, 6) is 2.25. The van der Waals surface area contributed by atoms with E-state index in [-0.39, 0.29) is 12.1 Å². The number of nitrogens with zero attached hydrogens (tertiary/aromatic N) is 2. The molecule has 1 aliphatic rings. The van der Waals surface area contributed by atoms with Crippen molar-refractivity contribution in [1.29, 1.82) is 0 Å². The topological polar surface area (TPSA) is 41.3 Å². The number of hydrogen-bond donors (Lipinski definition) is 1. The van der Waals surface area contributed by atoms with Crippen LogP contribution in [0.4, 0.5) is 0 Å². The number of benzene rings is 1. The lowest BCUT2D eigenvalue weighted by atomic mass is 10.0. The van der Waals surface area contributed by atoms with Gasteiger partial charge in [-0.1, -0.05) is 50.2 Å². The first-order chi connectivity index (χ1) is 13.1. The van der Waals surface area contributed by atoms with Crippen LogP contribution in [0.15, 0.2) is 71.3 Å². The summed E-state index contributed by atoms with van der Waals surface area (Å²) < 4.78 is 6.30. The highest BCUT2D eigenvalue weighted by Crippen LogP contribution is 2.40. The highest BCUT2D eigenvalue weighted by molar-refractivity contribution is 7.80. The molecule has 0 amide bonds. The van der Waals surface area contributed by atoms with Crippen LogP contribution < -0.4 is 5.32 Å². The number of thiocarbonyl (C=S) groups is 1. The molecule has 1 saturated heterocycles. The number of aromatic nitrogens is 1. The largest absolute Gasteiger partial charge is 0.459 e. The molecule has 0 unspecified atom stereocenters. The zero-order valence-corrected chi connectivity index (χ0v) is 16.3. The van der Waals surface area contributed by atoms with Gasteiger partial charge in [0, 0.05) is 18.3 Å². The van der Waals surface area contributed by atoms with Gasteiger partial charge in [0.15, 0.2) is 5.11 Å². The Balaban J connectivity index is 1.73. The summed E-state index contributed by atoms with van der Waals surface area (Å²) in [4.78, 5) is 6.79. The van der Waals surface area contributed by atoms with Crippen LogP contribution in [-0.2, 0) is 0 Å². The molecule has 3 aromatic rings. The molecular weight excluding hydrogens is 354 g/mol. The molecule has 0 radical (unpaired) electrons. The second kappa shape index (κ2) is 7.53. The molecule has 1 aliphatic heterocycles. The molecule has 2 atom stereocenters. The summed E-state index contributed by atoms with van der Waals surface area (Å²) in [5.41, 5.74) is 2.04. The molecule has 1 fully saturated rings.